The van der Waals surface area contributed by atoms with Gasteiger partial charge in [0.2, 0.25) is 11.8 Å². The van der Waals surface area contributed by atoms with E-state index in [9.17, 15) is 14.4 Å². The van der Waals surface area contributed by atoms with Crippen molar-refractivity contribution < 1.29 is 23.9 Å². The van der Waals surface area contributed by atoms with Gasteiger partial charge in [-0.25, -0.2) is 4.79 Å². The molecule has 3 amide bonds. The van der Waals surface area contributed by atoms with E-state index in [0.717, 1.165) is 0 Å². The van der Waals surface area contributed by atoms with Crippen molar-refractivity contribution in [3.63, 3.8) is 0 Å². The molecule has 128 valence electrons. The van der Waals surface area contributed by atoms with Gasteiger partial charge in [0.05, 0.1) is 13.2 Å². The number of carbonyl (C=O) groups excluding carboxylic acids is 3. The summed E-state index contributed by atoms with van der Waals surface area (Å²) in [6.07, 6.45) is -0.744. The molecule has 0 heterocycles. The molecule has 0 aromatic heterocycles. The fourth-order valence-corrected chi connectivity index (χ4v) is 1.62. The quantitative estimate of drug-likeness (QED) is 0.496. The van der Waals surface area contributed by atoms with Crippen molar-refractivity contribution in [1.29, 1.82) is 0 Å². The third kappa shape index (κ3) is 9.98. The highest BCUT2D eigenvalue weighted by atomic mass is 16.6. The van der Waals surface area contributed by atoms with Gasteiger partial charge in [0, 0.05) is 12.5 Å². The fraction of sp³-hybridized carbons (Fsp3) is 0.786. The Balaban J connectivity index is 4.04. The lowest BCUT2D eigenvalue weighted by atomic mass is 10.0. The number of ether oxygens (including phenoxy) is 2. The van der Waals surface area contributed by atoms with E-state index in [-0.39, 0.29) is 50.0 Å². The van der Waals surface area contributed by atoms with Crippen molar-refractivity contribution in [2.45, 2.75) is 46.2 Å². The van der Waals surface area contributed by atoms with E-state index in [1.54, 1.807) is 0 Å². The number of rotatable bonds is 10. The zero-order chi connectivity index (χ0) is 17.1. The summed E-state index contributed by atoms with van der Waals surface area (Å²) in [6.45, 7) is 7.83. The molecular formula is C14H27N3O5. The summed E-state index contributed by atoms with van der Waals surface area (Å²) in [5.74, 6) is -0.491. The average molecular weight is 317 g/mol. The monoisotopic (exact) mass is 317 g/mol. The maximum atomic E-state index is 12.0. The molecule has 0 saturated carbocycles. The Morgan fingerprint density at radius 1 is 1.00 bits per heavy atom. The first-order chi connectivity index (χ1) is 10.2. The molecule has 8 nitrogen and oxygen atoms in total. The van der Waals surface area contributed by atoms with Crippen molar-refractivity contribution in [1.82, 2.24) is 10.6 Å². The zero-order valence-corrected chi connectivity index (χ0v) is 13.7. The van der Waals surface area contributed by atoms with Crippen LogP contribution in [0.1, 0.15) is 34.1 Å². The minimum Gasteiger partial charge on any atom is -0.447 e. The predicted octanol–water partition coefficient (Wildman–Crippen LogP) is 0.154. The first-order valence-corrected chi connectivity index (χ1v) is 7.33. The number of carbonyl (C=O) groups is 3. The molecule has 0 aliphatic heterocycles. The Bertz CT molecular complexity index is 371. The molecule has 4 N–H and O–H groups in total. The van der Waals surface area contributed by atoms with Crippen LogP contribution in [0.4, 0.5) is 4.79 Å². The highest BCUT2D eigenvalue weighted by Crippen LogP contribution is 2.03. The van der Waals surface area contributed by atoms with Crippen LogP contribution in [-0.4, -0.2) is 49.8 Å². The van der Waals surface area contributed by atoms with Crippen LogP contribution in [0.3, 0.4) is 0 Å². The predicted molar refractivity (Wildman–Crippen MR) is 81.0 cm³/mol. The van der Waals surface area contributed by atoms with Crippen LogP contribution < -0.4 is 16.4 Å². The summed E-state index contributed by atoms with van der Waals surface area (Å²) in [7, 11) is 0. The van der Waals surface area contributed by atoms with E-state index in [2.05, 4.69) is 15.4 Å². The zero-order valence-electron chi connectivity index (χ0n) is 13.7. The highest BCUT2D eigenvalue weighted by Gasteiger charge is 2.24. The number of primary amides is 1. The van der Waals surface area contributed by atoms with Crippen molar-refractivity contribution in [3.8, 4) is 0 Å². The topological polar surface area (TPSA) is 120 Å². The fourth-order valence-electron chi connectivity index (χ4n) is 1.62. The molecule has 0 aliphatic rings. The molecule has 0 saturated heterocycles. The first-order valence-electron chi connectivity index (χ1n) is 7.33. The Kier molecular flexibility index (Phi) is 9.93. The summed E-state index contributed by atoms with van der Waals surface area (Å²) >= 11 is 0. The third-order valence-electron chi connectivity index (χ3n) is 2.64. The Morgan fingerprint density at radius 3 is 2.14 bits per heavy atom. The second kappa shape index (κ2) is 10.8. The Hall–Kier alpha value is -1.83. The normalized spacial score (nSPS) is 12.1. The molecule has 0 spiro atoms. The van der Waals surface area contributed by atoms with E-state index < -0.39 is 12.1 Å². The Labute approximate surface area is 131 Å². The van der Waals surface area contributed by atoms with Crippen LogP contribution in [-0.2, 0) is 19.1 Å². The van der Waals surface area contributed by atoms with Crippen molar-refractivity contribution in [2.24, 2.45) is 11.7 Å². The average Bonchev–Trinajstić information content (AvgIpc) is 2.38. The van der Waals surface area contributed by atoms with Gasteiger partial charge in [-0.05, 0) is 19.8 Å². The second-order valence-corrected chi connectivity index (χ2v) is 5.48. The van der Waals surface area contributed by atoms with Gasteiger partial charge in [0.15, 0.2) is 0 Å². The summed E-state index contributed by atoms with van der Waals surface area (Å²) < 4.78 is 9.60. The summed E-state index contributed by atoms with van der Waals surface area (Å²) in [4.78, 5) is 34.1. The van der Waals surface area contributed by atoms with Gasteiger partial charge in [0.25, 0.3) is 0 Å². The van der Waals surface area contributed by atoms with Gasteiger partial charge < -0.3 is 25.8 Å². The lowest BCUT2D eigenvalue weighted by Crippen LogP contribution is -2.51. The molecular weight excluding hydrogens is 290 g/mol. The summed E-state index contributed by atoms with van der Waals surface area (Å²) in [5.41, 5.74) is 4.78. The molecule has 0 fully saturated rings. The van der Waals surface area contributed by atoms with Crippen LogP contribution in [0.2, 0.25) is 0 Å². The number of nitrogens with one attached hydrogen (secondary N) is 2. The van der Waals surface area contributed by atoms with E-state index in [1.807, 2.05) is 27.7 Å². The molecule has 0 radical (unpaired) electrons. The third-order valence-corrected chi connectivity index (χ3v) is 2.64. The van der Waals surface area contributed by atoms with E-state index in [0.29, 0.717) is 0 Å². The van der Waals surface area contributed by atoms with Gasteiger partial charge in [-0.1, -0.05) is 13.8 Å². The van der Waals surface area contributed by atoms with E-state index in [1.165, 1.54) is 0 Å². The smallest absolute Gasteiger partial charge is 0.404 e. The summed E-state index contributed by atoms with van der Waals surface area (Å²) in [5, 5.41) is 5.47. The molecule has 22 heavy (non-hydrogen) atoms. The SMILES string of the molecule is CC(C)NC(=O)C(NC(=O)CCOCCOC(N)=O)C(C)C. The highest BCUT2D eigenvalue weighted by molar-refractivity contribution is 5.87. The minimum atomic E-state index is -0.864. The maximum absolute atomic E-state index is 12.0. The van der Waals surface area contributed by atoms with Crippen molar-refractivity contribution in [3.05, 3.63) is 0 Å². The van der Waals surface area contributed by atoms with Gasteiger partial charge in [-0.2, -0.15) is 0 Å². The van der Waals surface area contributed by atoms with Crippen molar-refractivity contribution in [2.75, 3.05) is 19.8 Å². The van der Waals surface area contributed by atoms with Gasteiger partial charge in [0.1, 0.15) is 12.6 Å². The second-order valence-electron chi connectivity index (χ2n) is 5.48. The van der Waals surface area contributed by atoms with Gasteiger partial charge in [-0.3, -0.25) is 9.59 Å². The van der Waals surface area contributed by atoms with Crippen LogP contribution in [0.5, 0.6) is 0 Å². The molecule has 1 atom stereocenters. The molecule has 0 bridgehead atoms. The Morgan fingerprint density at radius 2 is 1.64 bits per heavy atom. The van der Waals surface area contributed by atoms with Crippen molar-refractivity contribution >= 4 is 17.9 Å². The number of hydrogen-bond acceptors (Lipinski definition) is 5. The largest absolute Gasteiger partial charge is 0.447 e. The molecule has 0 aliphatic carbocycles. The number of hydrogen-bond donors (Lipinski definition) is 3. The lowest BCUT2D eigenvalue weighted by molar-refractivity contribution is -0.130. The molecule has 0 rings (SSSR count). The van der Waals surface area contributed by atoms with E-state index in [4.69, 9.17) is 10.5 Å². The maximum Gasteiger partial charge on any atom is 0.404 e. The molecule has 0 aromatic rings. The standard InChI is InChI=1S/C14H27N3O5/c1-9(2)12(13(19)16-10(3)4)17-11(18)5-6-21-7-8-22-14(15)20/h9-10,12H,5-8H2,1-4H3,(H2,15,20)(H,16,19)(H,17,18). The van der Waals surface area contributed by atoms with Crippen LogP contribution in [0, 0.1) is 5.92 Å². The molecule has 1 unspecified atom stereocenters. The lowest BCUT2D eigenvalue weighted by Gasteiger charge is -2.23. The number of amides is 3. The minimum absolute atomic E-state index is 0.0132. The van der Waals surface area contributed by atoms with Gasteiger partial charge in [-0.15, -0.1) is 0 Å². The van der Waals surface area contributed by atoms with Crippen LogP contribution in [0.25, 0.3) is 0 Å². The van der Waals surface area contributed by atoms with Crippen LogP contribution in [0.15, 0.2) is 0 Å². The van der Waals surface area contributed by atoms with Gasteiger partial charge >= 0.3 is 6.09 Å². The number of nitrogens with two attached hydrogens (primary N) is 1. The first kappa shape index (κ1) is 20.2. The molecule has 0 aromatic carbocycles. The van der Waals surface area contributed by atoms with Crippen LogP contribution >= 0.6 is 0 Å². The van der Waals surface area contributed by atoms with E-state index >= 15 is 0 Å². The summed E-state index contributed by atoms with van der Waals surface area (Å²) in [6, 6.07) is -0.563. The molecule has 8 heteroatoms.